The van der Waals surface area contributed by atoms with Crippen LogP contribution in [0.1, 0.15) is 50.1 Å². The molecule has 31 heavy (non-hydrogen) atoms. The maximum absolute atomic E-state index is 11.8. The van der Waals surface area contributed by atoms with Gasteiger partial charge in [-0.05, 0) is 62.0 Å². The van der Waals surface area contributed by atoms with Gasteiger partial charge in [0.25, 0.3) is 0 Å². The van der Waals surface area contributed by atoms with Crippen LogP contribution in [0.4, 0.5) is 5.69 Å². The largest absolute Gasteiger partial charge is 0.357 e. The molecule has 1 aromatic heterocycles. The van der Waals surface area contributed by atoms with E-state index in [1.54, 1.807) is 0 Å². The van der Waals surface area contributed by atoms with Crippen LogP contribution < -0.4 is 16.0 Å². The van der Waals surface area contributed by atoms with Crippen molar-refractivity contribution in [1.29, 1.82) is 0 Å². The standard InChI is InChI=1S/C24H35N5OS/c1-4-25-24(26-16-19-9-11-20(12-10-19)28-23(30)18(2)3)27-17-21(22-8-7-15-31-22)29-13-5-6-14-29/h7-12,15,18,21H,4-6,13-14,16-17H2,1-3H3,(H,28,30)(H2,25,26,27). The molecule has 3 rings (SSSR count). The summed E-state index contributed by atoms with van der Waals surface area (Å²) < 4.78 is 0. The molecule has 3 N–H and O–H groups in total. The first-order valence-corrected chi connectivity index (χ1v) is 12.1. The number of carbonyl (C=O) groups is 1. The molecule has 1 aliphatic heterocycles. The lowest BCUT2D eigenvalue weighted by atomic mass is 10.1. The minimum Gasteiger partial charge on any atom is -0.357 e. The van der Waals surface area contributed by atoms with Crippen LogP contribution in [0, 0.1) is 5.92 Å². The van der Waals surface area contributed by atoms with Crippen LogP contribution >= 0.6 is 11.3 Å². The summed E-state index contributed by atoms with van der Waals surface area (Å²) in [6.07, 6.45) is 2.56. The molecule has 2 heterocycles. The molecule has 0 spiro atoms. The number of nitrogens with one attached hydrogen (secondary N) is 3. The second-order valence-corrected chi connectivity index (χ2v) is 9.17. The molecule has 7 heteroatoms. The Morgan fingerprint density at radius 3 is 2.48 bits per heavy atom. The minimum absolute atomic E-state index is 0.0303. The molecule has 1 saturated heterocycles. The fraction of sp³-hybridized carbons (Fsp3) is 0.500. The lowest BCUT2D eigenvalue weighted by Crippen LogP contribution is -2.42. The molecule has 1 atom stereocenters. The van der Waals surface area contributed by atoms with Crippen LogP contribution in [0.3, 0.4) is 0 Å². The van der Waals surface area contributed by atoms with Gasteiger partial charge in [0.2, 0.25) is 5.91 Å². The predicted molar refractivity (Wildman–Crippen MR) is 131 cm³/mol. The number of nitrogens with zero attached hydrogens (tertiary/aromatic N) is 2. The average molecular weight is 442 g/mol. The molecule has 0 radical (unpaired) electrons. The van der Waals surface area contributed by atoms with Crippen LogP contribution in [0.2, 0.25) is 0 Å². The van der Waals surface area contributed by atoms with E-state index in [-0.39, 0.29) is 11.8 Å². The van der Waals surface area contributed by atoms with Gasteiger partial charge < -0.3 is 16.0 Å². The lowest BCUT2D eigenvalue weighted by molar-refractivity contribution is -0.118. The lowest BCUT2D eigenvalue weighted by Gasteiger charge is -2.27. The highest BCUT2D eigenvalue weighted by molar-refractivity contribution is 7.10. The molecule has 1 amide bonds. The molecule has 6 nitrogen and oxygen atoms in total. The maximum Gasteiger partial charge on any atom is 0.226 e. The molecule has 0 aliphatic carbocycles. The van der Waals surface area contributed by atoms with E-state index in [0.717, 1.165) is 43.4 Å². The molecule has 0 saturated carbocycles. The zero-order valence-corrected chi connectivity index (χ0v) is 19.7. The molecule has 1 fully saturated rings. The van der Waals surface area contributed by atoms with Crippen LogP contribution in [0.5, 0.6) is 0 Å². The number of likely N-dealkylation sites (tertiary alicyclic amines) is 1. The van der Waals surface area contributed by atoms with Gasteiger partial charge in [0.15, 0.2) is 5.96 Å². The van der Waals surface area contributed by atoms with E-state index in [1.165, 1.54) is 17.7 Å². The highest BCUT2D eigenvalue weighted by atomic mass is 32.1. The Morgan fingerprint density at radius 2 is 1.87 bits per heavy atom. The Bertz CT molecular complexity index is 826. The zero-order valence-electron chi connectivity index (χ0n) is 18.9. The Hall–Kier alpha value is -2.38. The number of amides is 1. The van der Waals surface area contributed by atoms with Gasteiger partial charge in [-0.15, -0.1) is 11.3 Å². The van der Waals surface area contributed by atoms with Crippen LogP contribution in [-0.4, -0.2) is 42.9 Å². The first-order valence-electron chi connectivity index (χ1n) is 11.3. The monoisotopic (exact) mass is 441 g/mol. The van der Waals surface area contributed by atoms with Gasteiger partial charge in [0, 0.05) is 29.6 Å². The van der Waals surface area contributed by atoms with Crippen LogP contribution in [0.15, 0.2) is 46.8 Å². The number of hydrogen-bond acceptors (Lipinski definition) is 4. The summed E-state index contributed by atoms with van der Waals surface area (Å²) in [6, 6.07) is 12.7. The van der Waals surface area contributed by atoms with E-state index in [0.29, 0.717) is 12.6 Å². The van der Waals surface area contributed by atoms with Gasteiger partial charge in [0.1, 0.15) is 0 Å². The fourth-order valence-electron chi connectivity index (χ4n) is 3.63. The smallest absolute Gasteiger partial charge is 0.226 e. The summed E-state index contributed by atoms with van der Waals surface area (Å²) in [5.74, 6) is 0.833. The van der Waals surface area contributed by atoms with E-state index in [9.17, 15) is 4.79 Å². The summed E-state index contributed by atoms with van der Waals surface area (Å²) in [6.45, 7) is 10.4. The summed E-state index contributed by atoms with van der Waals surface area (Å²) in [4.78, 5) is 20.6. The summed E-state index contributed by atoms with van der Waals surface area (Å²) >= 11 is 1.83. The third-order valence-corrected chi connectivity index (χ3v) is 6.40. The Morgan fingerprint density at radius 1 is 1.13 bits per heavy atom. The number of anilines is 1. The quantitative estimate of drug-likeness (QED) is 0.402. The number of hydrogen-bond donors (Lipinski definition) is 3. The van der Waals surface area contributed by atoms with Crippen molar-refractivity contribution in [3.8, 4) is 0 Å². The zero-order chi connectivity index (χ0) is 22.1. The van der Waals surface area contributed by atoms with Crippen molar-refractivity contribution in [2.75, 3.05) is 31.5 Å². The Labute approximate surface area is 190 Å². The SMILES string of the molecule is CCNC(=NCc1ccc(NC(=O)C(C)C)cc1)NCC(c1cccs1)N1CCCC1. The first kappa shape index (κ1) is 23.3. The normalized spacial score (nSPS) is 15.8. The van der Waals surface area contributed by atoms with Crippen molar-refractivity contribution in [3.63, 3.8) is 0 Å². The van der Waals surface area contributed by atoms with Gasteiger partial charge >= 0.3 is 0 Å². The van der Waals surface area contributed by atoms with Crippen LogP contribution in [0.25, 0.3) is 0 Å². The van der Waals surface area contributed by atoms with E-state index < -0.39 is 0 Å². The van der Waals surface area contributed by atoms with Crippen molar-refractivity contribution in [1.82, 2.24) is 15.5 Å². The maximum atomic E-state index is 11.8. The molecule has 1 unspecified atom stereocenters. The van der Waals surface area contributed by atoms with E-state index in [4.69, 9.17) is 4.99 Å². The van der Waals surface area contributed by atoms with E-state index in [1.807, 2.05) is 49.4 Å². The molecule has 2 aromatic rings. The van der Waals surface area contributed by atoms with Gasteiger partial charge in [0.05, 0.1) is 12.6 Å². The number of rotatable bonds is 9. The second-order valence-electron chi connectivity index (χ2n) is 8.19. The number of aliphatic imine (C=N–C) groups is 1. The van der Waals surface area contributed by atoms with Gasteiger partial charge in [-0.25, -0.2) is 4.99 Å². The van der Waals surface area contributed by atoms with Gasteiger partial charge in [-0.1, -0.05) is 32.0 Å². The number of thiophene rings is 1. The van der Waals surface area contributed by atoms with Gasteiger partial charge in [-0.2, -0.15) is 0 Å². The molecular formula is C24H35N5OS. The van der Waals surface area contributed by atoms with Crippen molar-refractivity contribution in [2.45, 2.75) is 46.2 Å². The molecular weight excluding hydrogens is 406 g/mol. The molecule has 1 aromatic carbocycles. The van der Waals surface area contributed by atoms with Crippen molar-refractivity contribution in [2.24, 2.45) is 10.9 Å². The predicted octanol–water partition coefficient (Wildman–Crippen LogP) is 4.23. The van der Waals surface area contributed by atoms with Crippen molar-refractivity contribution >= 4 is 28.9 Å². The highest BCUT2D eigenvalue weighted by Crippen LogP contribution is 2.27. The Kier molecular flexibility index (Phi) is 8.91. The summed E-state index contributed by atoms with van der Waals surface area (Å²) in [7, 11) is 0. The van der Waals surface area contributed by atoms with Crippen molar-refractivity contribution < 1.29 is 4.79 Å². The number of guanidine groups is 1. The van der Waals surface area contributed by atoms with E-state index >= 15 is 0 Å². The first-order chi connectivity index (χ1) is 15.1. The molecule has 0 bridgehead atoms. The second kappa shape index (κ2) is 11.9. The van der Waals surface area contributed by atoms with Gasteiger partial charge in [-0.3, -0.25) is 9.69 Å². The molecule has 1 aliphatic rings. The topological polar surface area (TPSA) is 68.8 Å². The fourth-order valence-corrected chi connectivity index (χ4v) is 4.49. The average Bonchev–Trinajstić information content (AvgIpc) is 3.48. The number of carbonyl (C=O) groups excluding carboxylic acids is 1. The number of benzene rings is 1. The summed E-state index contributed by atoms with van der Waals surface area (Å²) in [5, 5.41) is 12.0. The third-order valence-electron chi connectivity index (χ3n) is 5.43. The Balaban J connectivity index is 1.59. The van der Waals surface area contributed by atoms with Crippen molar-refractivity contribution in [3.05, 3.63) is 52.2 Å². The summed E-state index contributed by atoms with van der Waals surface area (Å²) in [5.41, 5.74) is 1.93. The van der Waals surface area contributed by atoms with Crippen LogP contribution in [-0.2, 0) is 11.3 Å². The molecule has 168 valence electrons. The highest BCUT2D eigenvalue weighted by Gasteiger charge is 2.24. The third kappa shape index (κ3) is 7.08. The minimum atomic E-state index is -0.0309. The van der Waals surface area contributed by atoms with E-state index in [2.05, 4.69) is 45.3 Å².